The normalized spacial score (nSPS) is 11.6. The van der Waals surface area contributed by atoms with E-state index in [-0.39, 0.29) is 10.8 Å². The number of imidazole rings is 1. The molecule has 34 heavy (non-hydrogen) atoms. The summed E-state index contributed by atoms with van der Waals surface area (Å²) in [5, 5.41) is 0. The van der Waals surface area contributed by atoms with E-state index in [1.54, 1.807) is 12.1 Å². The molecule has 0 amide bonds. The standard InChI is InChI=1S/C26H29N5O2S/c1-4-25-27-14-15-31(25)18-20-6-9-22(10-7-20)23-17-21(16-19(2)3)8-11-24(23)34(32,33)30-26-28-12-5-13-29-26/h5-15,17,19H,4,16,18H2,1-3H3,(H,28,29,30). The van der Waals surface area contributed by atoms with Crippen LogP contribution in [0.25, 0.3) is 11.1 Å². The number of anilines is 1. The van der Waals surface area contributed by atoms with Crippen molar-refractivity contribution in [3.63, 3.8) is 0 Å². The molecular formula is C26H29N5O2S. The van der Waals surface area contributed by atoms with Gasteiger partial charge in [0.15, 0.2) is 0 Å². The number of hydrogen-bond donors (Lipinski definition) is 1. The number of benzene rings is 2. The Labute approximate surface area is 201 Å². The molecule has 2 aromatic heterocycles. The van der Waals surface area contributed by atoms with E-state index in [2.05, 4.69) is 45.0 Å². The fourth-order valence-corrected chi connectivity index (χ4v) is 5.12. The number of rotatable bonds is 9. The highest BCUT2D eigenvalue weighted by Crippen LogP contribution is 2.31. The number of nitrogens with zero attached hydrogens (tertiary/aromatic N) is 4. The minimum Gasteiger partial charge on any atom is -0.331 e. The molecule has 1 N–H and O–H groups in total. The molecular weight excluding hydrogens is 446 g/mol. The number of hydrogen-bond acceptors (Lipinski definition) is 5. The van der Waals surface area contributed by atoms with E-state index >= 15 is 0 Å². The Bertz CT molecular complexity index is 1350. The molecule has 0 radical (unpaired) electrons. The van der Waals surface area contributed by atoms with Gasteiger partial charge in [0.25, 0.3) is 10.0 Å². The summed E-state index contributed by atoms with van der Waals surface area (Å²) < 4.78 is 31.2. The van der Waals surface area contributed by atoms with Gasteiger partial charge in [-0.25, -0.2) is 28.1 Å². The predicted octanol–water partition coefficient (Wildman–Crippen LogP) is 4.95. The van der Waals surface area contributed by atoms with Crippen LogP contribution < -0.4 is 4.72 Å². The van der Waals surface area contributed by atoms with Gasteiger partial charge < -0.3 is 4.57 Å². The van der Waals surface area contributed by atoms with Crippen LogP contribution in [-0.4, -0.2) is 27.9 Å². The third-order valence-corrected chi connectivity index (χ3v) is 6.89. The van der Waals surface area contributed by atoms with Crippen LogP contribution in [0.3, 0.4) is 0 Å². The fourth-order valence-electron chi connectivity index (χ4n) is 3.95. The number of aryl methyl sites for hydroxylation is 1. The zero-order valence-corrected chi connectivity index (χ0v) is 20.5. The van der Waals surface area contributed by atoms with Crippen molar-refractivity contribution in [3.05, 3.63) is 90.3 Å². The zero-order chi connectivity index (χ0) is 24.1. The monoisotopic (exact) mass is 475 g/mol. The minimum absolute atomic E-state index is 0.0436. The van der Waals surface area contributed by atoms with Crippen LogP contribution in [0.4, 0.5) is 5.95 Å². The molecule has 4 aromatic rings. The molecule has 7 nitrogen and oxygen atoms in total. The van der Waals surface area contributed by atoms with Gasteiger partial charge in [-0.15, -0.1) is 0 Å². The first-order valence-electron chi connectivity index (χ1n) is 11.4. The molecule has 2 heterocycles. The maximum atomic E-state index is 13.3. The molecule has 0 spiro atoms. The second-order valence-corrected chi connectivity index (χ2v) is 10.3. The van der Waals surface area contributed by atoms with Gasteiger partial charge in [0.05, 0.1) is 4.90 Å². The summed E-state index contributed by atoms with van der Waals surface area (Å²) in [5.74, 6) is 1.53. The Hall–Kier alpha value is -3.52. The van der Waals surface area contributed by atoms with Crippen molar-refractivity contribution in [3.8, 4) is 11.1 Å². The number of sulfonamides is 1. The summed E-state index contributed by atoms with van der Waals surface area (Å²) in [6.45, 7) is 7.10. The Morgan fingerprint density at radius 3 is 2.32 bits per heavy atom. The second-order valence-electron chi connectivity index (χ2n) is 8.63. The first kappa shape index (κ1) is 23.6. The number of aromatic nitrogens is 4. The van der Waals surface area contributed by atoms with E-state index in [4.69, 9.17) is 0 Å². The Kier molecular flexibility index (Phi) is 7.07. The third kappa shape index (κ3) is 5.51. The molecule has 8 heteroatoms. The van der Waals surface area contributed by atoms with Crippen LogP contribution in [-0.2, 0) is 29.4 Å². The molecule has 0 unspecified atom stereocenters. The van der Waals surface area contributed by atoms with Gasteiger partial charge in [-0.2, -0.15) is 0 Å². The topological polar surface area (TPSA) is 89.8 Å². The molecule has 0 aliphatic carbocycles. The largest absolute Gasteiger partial charge is 0.331 e. The van der Waals surface area contributed by atoms with Crippen LogP contribution in [0.5, 0.6) is 0 Å². The average Bonchev–Trinajstić information content (AvgIpc) is 3.26. The van der Waals surface area contributed by atoms with Crippen LogP contribution in [0.15, 0.2) is 78.2 Å². The summed E-state index contributed by atoms with van der Waals surface area (Å²) >= 11 is 0. The van der Waals surface area contributed by atoms with E-state index in [9.17, 15) is 8.42 Å². The second kappa shape index (κ2) is 10.2. The molecule has 4 rings (SSSR count). The molecule has 0 aliphatic rings. The fraction of sp³-hybridized carbons (Fsp3) is 0.269. The molecule has 0 aliphatic heterocycles. The maximum Gasteiger partial charge on any atom is 0.264 e. The van der Waals surface area contributed by atoms with Gasteiger partial charge in [0.1, 0.15) is 5.82 Å². The zero-order valence-electron chi connectivity index (χ0n) is 19.6. The highest BCUT2D eigenvalue weighted by Gasteiger charge is 2.21. The summed E-state index contributed by atoms with van der Waals surface area (Å²) in [5.41, 5.74) is 3.71. The highest BCUT2D eigenvalue weighted by molar-refractivity contribution is 7.92. The van der Waals surface area contributed by atoms with Crippen molar-refractivity contribution >= 4 is 16.0 Å². The van der Waals surface area contributed by atoms with E-state index in [1.165, 1.54) is 12.4 Å². The van der Waals surface area contributed by atoms with Crippen molar-refractivity contribution in [2.24, 2.45) is 5.92 Å². The lowest BCUT2D eigenvalue weighted by atomic mass is 9.97. The lowest BCUT2D eigenvalue weighted by Crippen LogP contribution is -2.16. The van der Waals surface area contributed by atoms with Crippen LogP contribution in [0.1, 0.15) is 37.7 Å². The first-order valence-corrected chi connectivity index (χ1v) is 12.9. The van der Waals surface area contributed by atoms with Crippen molar-refractivity contribution in [2.45, 2.75) is 45.1 Å². The van der Waals surface area contributed by atoms with E-state index in [1.807, 2.05) is 48.8 Å². The molecule has 0 atom stereocenters. The van der Waals surface area contributed by atoms with Crippen molar-refractivity contribution in [1.29, 1.82) is 0 Å². The smallest absolute Gasteiger partial charge is 0.264 e. The molecule has 0 saturated carbocycles. The van der Waals surface area contributed by atoms with Crippen molar-refractivity contribution in [1.82, 2.24) is 19.5 Å². The Morgan fingerprint density at radius 1 is 0.941 bits per heavy atom. The van der Waals surface area contributed by atoms with Crippen LogP contribution in [0, 0.1) is 5.92 Å². The highest BCUT2D eigenvalue weighted by atomic mass is 32.2. The van der Waals surface area contributed by atoms with Gasteiger partial charge >= 0.3 is 0 Å². The quantitative estimate of drug-likeness (QED) is 0.370. The maximum absolute atomic E-state index is 13.3. The Balaban J connectivity index is 1.70. The minimum atomic E-state index is -3.88. The SMILES string of the molecule is CCc1nccn1Cc1ccc(-c2cc(CC(C)C)ccc2S(=O)(=O)Nc2ncccn2)cc1. The summed E-state index contributed by atoms with van der Waals surface area (Å²) in [4.78, 5) is 12.6. The first-order chi connectivity index (χ1) is 16.4. The van der Waals surface area contributed by atoms with Crippen molar-refractivity contribution in [2.75, 3.05) is 4.72 Å². The van der Waals surface area contributed by atoms with Gasteiger partial charge in [-0.05, 0) is 47.2 Å². The van der Waals surface area contributed by atoms with E-state index < -0.39 is 10.0 Å². The number of nitrogens with one attached hydrogen (secondary N) is 1. The summed E-state index contributed by atoms with van der Waals surface area (Å²) in [7, 11) is -3.88. The average molecular weight is 476 g/mol. The van der Waals surface area contributed by atoms with E-state index in [0.717, 1.165) is 41.9 Å². The predicted molar refractivity (Wildman–Crippen MR) is 134 cm³/mol. The molecule has 2 aromatic carbocycles. The van der Waals surface area contributed by atoms with Gasteiger partial charge in [-0.1, -0.05) is 51.1 Å². The van der Waals surface area contributed by atoms with Gasteiger partial charge in [0, 0.05) is 43.3 Å². The summed E-state index contributed by atoms with van der Waals surface area (Å²) in [6, 6.07) is 15.2. The van der Waals surface area contributed by atoms with Crippen molar-refractivity contribution < 1.29 is 8.42 Å². The molecule has 0 fully saturated rings. The van der Waals surface area contributed by atoms with Crippen LogP contribution >= 0.6 is 0 Å². The van der Waals surface area contributed by atoms with Gasteiger partial charge in [-0.3, -0.25) is 0 Å². The molecule has 0 saturated heterocycles. The van der Waals surface area contributed by atoms with E-state index in [0.29, 0.717) is 11.5 Å². The lowest BCUT2D eigenvalue weighted by Gasteiger charge is -2.15. The molecule has 176 valence electrons. The Morgan fingerprint density at radius 2 is 1.65 bits per heavy atom. The lowest BCUT2D eigenvalue weighted by molar-refractivity contribution is 0.601. The summed E-state index contributed by atoms with van der Waals surface area (Å²) in [6.07, 6.45) is 8.52. The molecule has 0 bridgehead atoms. The third-order valence-electron chi connectivity index (χ3n) is 5.50. The van der Waals surface area contributed by atoms with Crippen LogP contribution in [0.2, 0.25) is 0 Å². The van der Waals surface area contributed by atoms with Gasteiger partial charge in [0.2, 0.25) is 5.95 Å².